The maximum atomic E-state index is 5.73. The highest BCUT2D eigenvalue weighted by Gasteiger charge is 2.22. The molecule has 101 valence electrons. The highest BCUT2D eigenvalue weighted by Crippen LogP contribution is 2.09. The molecule has 0 saturated carbocycles. The molecular formula is C12H25O4Si. The van der Waals surface area contributed by atoms with Gasteiger partial charge in [-0.05, 0) is 25.3 Å². The molecule has 0 aromatic heterocycles. The van der Waals surface area contributed by atoms with E-state index < -0.39 is 9.28 Å². The largest absolute Gasteiger partial charge is 0.393 e. The summed E-state index contributed by atoms with van der Waals surface area (Å²) in [4.78, 5) is 0. The third kappa shape index (κ3) is 8.74. The van der Waals surface area contributed by atoms with Crippen molar-refractivity contribution in [1.82, 2.24) is 0 Å². The molecule has 4 nitrogen and oxygen atoms in total. The molecule has 1 saturated heterocycles. The van der Waals surface area contributed by atoms with E-state index in [-0.39, 0.29) is 0 Å². The van der Waals surface area contributed by atoms with Crippen molar-refractivity contribution >= 4 is 9.28 Å². The Morgan fingerprint density at radius 2 is 1.76 bits per heavy atom. The summed E-state index contributed by atoms with van der Waals surface area (Å²) < 4.78 is 22.0. The van der Waals surface area contributed by atoms with Crippen LogP contribution in [-0.2, 0) is 18.3 Å². The zero-order valence-electron chi connectivity index (χ0n) is 11.1. The standard InChI is InChI=1S/C12H25O4Si/c1-3-6-15-17(16-7-4-2)9-5-8-13-10-12-11-14-12/h12H,3-11H2,1-2H3. The Balaban J connectivity index is 1.95. The van der Waals surface area contributed by atoms with Gasteiger partial charge in [-0.15, -0.1) is 0 Å². The summed E-state index contributed by atoms with van der Waals surface area (Å²) in [5.41, 5.74) is 0. The van der Waals surface area contributed by atoms with Crippen LogP contribution in [0.5, 0.6) is 0 Å². The van der Waals surface area contributed by atoms with Crippen LogP contribution in [0.4, 0.5) is 0 Å². The third-order valence-electron chi connectivity index (χ3n) is 2.31. The molecule has 0 N–H and O–H groups in total. The average Bonchev–Trinajstić information content (AvgIpc) is 3.15. The van der Waals surface area contributed by atoms with E-state index in [4.69, 9.17) is 18.3 Å². The van der Waals surface area contributed by atoms with Gasteiger partial charge < -0.3 is 18.3 Å². The molecule has 1 atom stereocenters. The second-order valence-electron chi connectivity index (χ2n) is 4.20. The summed E-state index contributed by atoms with van der Waals surface area (Å²) in [5.74, 6) is 0. The fraction of sp³-hybridized carbons (Fsp3) is 1.00. The van der Waals surface area contributed by atoms with Gasteiger partial charge >= 0.3 is 9.28 Å². The number of hydrogen-bond acceptors (Lipinski definition) is 4. The molecule has 1 radical (unpaired) electrons. The van der Waals surface area contributed by atoms with E-state index in [1.807, 2.05) is 0 Å². The van der Waals surface area contributed by atoms with Crippen LogP contribution in [0.1, 0.15) is 33.1 Å². The van der Waals surface area contributed by atoms with Crippen LogP contribution in [0, 0.1) is 0 Å². The van der Waals surface area contributed by atoms with Gasteiger partial charge in [-0.3, -0.25) is 0 Å². The quantitative estimate of drug-likeness (QED) is 0.306. The van der Waals surface area contributed by atoms with Gasteiger partial charge in [-0.1, -0.05) is 13.8 Å². The first-order chi connectivity index (χ1) is 8.36. The molecule has 17 heavy (non-hydrogen) atoms. The summed E-state index contributed by atoms with van der Waals surface area (Å²) in [5, 5.41) is 0. The van der Waals surface area contributed by atoms with Gasteiger partial charge in [0.05, 0.1) is 13.2 Å². The van der Waals surface area contributed by atoms with E-state index in [0.29, 0.717) is 6.10 Å². The lowest BCUT2D eigenvalue weighted by atomic mass is 10.5. The first-order valence-corrected chi connectivity index (χ1v) is 8.20. The Kier molecular flexibility index (Phi) is 8.91. The second-order valence-corrected chi connectivity index (χ2v) is 6.02. The van der Waals surface area contributed by atoms with Gasteiger partial charge in [0.1, 0.15) is 6.10 Å². The normalized spacial score (nSPS) is 18.9. The van der Waals surface area contributed by atoms with E-state index in [1.165, 1.54) is 0 Å². The average molecular weight is 261 g/mol. The fourth-order valence-electron chi connectivity index (χ4n) is 1.32. The molecule has 1 rings (SSSR count). The smallest absolute Gasteiger partial charge is 0.384 e. The predicted octanol–water partition coefficient (Wildman–Crippen LogP) is 2.13. The summed E-state index contributed by atoms with van der Waals surface area (Å²) in [6, 6.07) is 1.01. The van der Waals surface area contributed by atoms with Gasteiger partial charge in [0.25, 0.3) is 0 Å². The van der Waals surface area contributed by atoms with Crippen molar-refractivity contribution in [2.24, 2.45) is 0 Å². The summed E-state index contributed by atoms with van der Waals surface area (Å²) >= 11 is 0. The van der Waals surface area contributed by atoms with Crippen molar-refractivity contribution in [3.05, 3.63) is 0 Å². The van der Waals surface area contributed by atoms with Crippen molar-refractivity contribution in [1.29, 1.82) is 0 Å². The zero-order chi connectivity index (χ0) is 12.3. The van der Waals surface area contributed by atoms with Gasteiger partial charge in [0, 0.05) is 19.8 Å². The Labute approximate surface area is 106 Å². The third-order valence-corrected chi connectivity index (χ3v) is 4.12. The van der Waals surface area contributed by atoms with Gasteiger partial charge in [0.15, 0.2) is 0 Å². The zero-order valence-corrected chi connectivity index (χ0v) is 12.1. The molecule has 5 heteroatoms. The first kappa shape index (κ1) is 15.1. The maximum absolute atomic E-state index is 5.73. The van der Waals surface area contributed by atoms with E-state index in [1.54, 1.807) is 0 Å². The van der Waals surface area contributed by atoms with Crippen molar-refractivity contribution < 1.29 is 18.3 Å². The fourth-order valence-corrected chi connectivity index (χ4v) is 2.98. The molecule has 1 unspecified atom stereocenters. The summed E-state index contributed by atoms with van der Waals surface area (Å²) in [6.07, 6.45) is 3.50. The van der Waals surface area contributed by atoms with Crippen molar-refractivity contribution in [3.8, 4) is 0 Å². The molecule has 0 spiro atoms. The molecule has 1 fully saturated rings. The number of ether oxygens (including phenoxy) is 2. The second kappa shape index (κ2) is 10.0. The number of rotatable bonds is 12. The highest BCUT2D eigenvalue weighted by molar-refractivity contribution is 6.44. The summed E-state index contributed by atoms with van der Waals surface area (Å²) in [6.45, 7) is 8.28. The van der Waals surface area contributed by atoms with Crippen LogP contribution in [-0.4, -0.2) is 48.4 Å². The number of epoxide rings is 1. The maximum Gasteiger partial charge on any atom is 0.384 e. The SMILES string of the molecule is CCCO[Si](CCCOCC1CO1)OCCC. The Hall–Kier alpha value is 0.0569. The lowest BCUT2D eigenvalue weighted by Crippen LogP contribution is -2.24. The van der Waals surface area contributed by atoms with Gasteiger partial charge in [0.2, 0.25) is 0 Å². The molecule has 0 aliphatic carbocycles. The van der Waals surface area contributed by atoms with Crippen LogP contribution in [0.2, 0.25) is 6.04 Å². The van der Waals surface area contributed by atoms with Crippen molar-refractivity contribution in [3.63, 3.8) is 0 Å². The molecule has 0 aromatic rings. The van der Waals surface area contributed by atoms with Gasteiger partial charge in [-0.2, -0.15) is 0 Å². The van der Waals surface area contributed by atoms with E-state index in [0.717, 1.165) is 58.3 Å². The minimum absolute atomic E-state index is 0.368. The topological polar surface area (TPSA) is 40.2 Å². The molecular weight excluding hydrogens is 236 g/mol. The Morgan fingerprint density at radius 1 is 1.12 bits per heavy atom. The minimum atomic E-state index is -1.07. The molecule has 0 bridgehead atoms. The van der Waals surface area contributed by atoms with E-state index in [9.17, 15) is 0 Å². The highest BCUT2D eigenvalue weighted by atomic mass is 28.3. The Bertz CT molecular complexity index is 168. The van der Waals surface area contributed by atoms with Crippen LogP contribution < -0.4 is 0 Å². The van der Waals surface area contributed by atoms with Crippen LogP contribution in [0.15, 0.2) is 0 Å². The lowest BCUT2D eigenvalue weighted by Gasteiger charge is -2.14. The minimum Gasteiger partial charge on any atom is -0.393 e. The summed E-state index contributed by atoms with van der Waals surface area (Å²) in [7, 11) is -1.07. The van der Waals surface area contributed by atoms with Crippen molar-refractivity contribution in [2.75, 3.05) is 33.0 Å². The number of hydrogen-bond donors (Lipinski definition) is 0. The molecule has 1 aliphatic heterocycles. The predicted molar refractivity (Wildman–Crippen MR) is 68.2 cm³/mol. The lowest BCUT2D eigenvalue weighted by molar-refractivity contribution is 0.114. The van der Waals surface area contributed by atoms with E-state index >= 15 is 0 Å². The van der Waals surface area contributed by atoms with Crippen LogP contribution in [0.25, 0.3) is 0 Å². The van der Waals surface area contributed by atoms with Crippen LogP contribution >= 0.6 is 0 Å². The first-order valence-electron chi connectivity index (χ1n) is 6.67. The Morgan fingerprint density at radius 3 is 2.29 bits per heavy atom. The van der Waals surface area contributed by atoms with Gasteiger partial charge in [-0.25, -0.2) is 0 Å². The molecule has 1 heterocycles. The van der Waals surface area contributed by atoms with E-state index in [2.05, 4.69) is 13.8 Å². The molecule has 0 aromatic carbocycles. The van der Waals surface area contributed by atoms with Crippen LogP contribution in [0.3, 0.4) is 0 Å². The molecule has 1 aliphatic rings. The monoisotopic (exact) mass is 261 g/mol. The van der Waals surface area contributed by atoms with Crippen molar-refractivity contribution in [2.45, 2.75) is 45.3 Å². The molecule has 0 amide bonds.